The topological polar surface area (TPSA) is 13.1 Å². The Morgan fingerprint density at radius 3 is 1.88 bits per heavy atom. The molecular weight excluding hydrogens is 217 g/mol. The van der Waals surface area contributed by atoms with E-state index >= 15 is 0 Å². The van der Waals surface area contributed by atoms with E-state index in [2.05, 4.69) is 0 Å². The fraction of sp³-hybridized carbons (Fsp3) is 0.667. The first-order valence-electron chi connectivity index (χ1n) is 5.34. The quantitative estimate of drug-likeness (QED) is 0.675. The van der Waals surface area contributed by atoms with Gasteiger partial charge in [-0.2, -0.15) is 13.2 Å². The van der Waals surface area contributed by atoms with Gasteiger partial charge in [-0.05, 0) is 17.5 Å². The first-order valence-corrected chi connectivity index (χ1v) is 5.34. The van der Waals surface area contributed by atoms with E-state index in [1.54, 1.807) is 0 Å². The van der Waals surface area contributed by atoms with Gasteiger partial charge in [-0.3, -0.25) is 0 Å². The number of hydrogen-bond acceptors (Lipinski definition) is 1. The predicted octanol–water partition coefficient (Wildman–Crippen LogP) is 4.91. The molecule has 0 saturated carbocycles. The zero-order chi connectivity index (χ0) is 13.0. The number of alkyl halides is 3. The van der Waals surface area contributed by atoms with Gasteiger partial charge >= 0.3 is 6.18 Å². The maximum absolute atomic E-state index is 12.1. The van der Waals surface area contributed by atoms with Gasteiger partial charge in [0.05, 0.1) is 0 Å². The molecule has 0 radical (unpaired) electrons. The lowest BCUT2D eigenvalue weighted by Crippen LogP contribution is -2.08. The molecule has 1 heterocycles. The summed E-state index contributed by atoms with van der Waals surface area (Å²) in [5.74, 6) is -0.540. The van der Waals surface area contributed by atoms with Gasteiger partial charge in [-0.25, -0.2) is 0 Å². The van der Waals surface area contributed by atoms with Crippen LogP contribution < -0.4 is 0 Å². The Balaban J connectivity index is 0.00000106. The van der Waals surface area contributed by atoms with Crippen molar-refractivity contribution in [2.24, 2.45) is 5.41 Å². The molecule has 4 heteroatoms. The van der Waals surface area contributed by atoms with E-state index in [-0.39, 0.29) is 5.41 Å². The summed E-state index contributed by atoms with van der Waals surface area (Å²) in [6, 6.07) is 2.36. The summed E-state index contributed by atoms with van der Waals surface area (Å²) in [6.07, 6.45) is -3.88. The Kier molecular flexibility index (Phi) is 5.10. The third kappa shape index (κ3) is 5.24. The van der Waals surface area contributed by atoms with Gasteiger partial charge in [-0.1, -0.05) is 34.6 Å². The van der Waals surface area contributed by atoms with Crippen LogP contribution in [0.1, 0.15) is 46.1 Å². The van der Waals surface area contributed by atoms with Crippen LogP contribution in [0.5, 0.6) is 0 Å². The molecule has 0 atom stereocenters. The van der Waals surface area contributed by atoms with Crippen LogP contribution in [-0.4, -0.2) is 0 Å². The molecule has 0 unspecified atom stereocenters. The van der Waals surface area contributed by atoms with Crippen LogP contribution in [0.4, 0.5) is 13.2 Å². The number of halogens is 3. The molecule has 1 nitrogen and oxygen atoms in total. The highest BCUT2D eigenvalue weighted by Crippen LogP contribution is 2.32. The molecule has 1 rings (SSSR count). The summed E-state index contributed by atoms with van der Waals surface area (Å²) in [5.41, 5.74) is -0.0687. The van der Waals surface area contributed by atoms with Crippen molar-refractivity contribution in [1.82, 2.24) is 0 Å². The second-order valence-corrected chi connectivity index (χ2v) is 4.50. The molecule has 0 aliphatic carbocycles. The summed E-state index contributed by atoms with van der Waals surface area (Å²) < 4.78 is 41.1. The standard InChI is InChI=1S/C10H13F3O.C2H6/c1-9(2,3)6-7-4-5-8(14-7)10(11,12)13;1-2/h4-5H,6H2,1-3H3;1-2H3. The first kappa shape index (κ1) is 15.1. The number of furan rings is 1. The molecule has 0 amide bonds. The van der Waals surface area contributed by atoms with Crippen LogP contribution in [0.3, 0.4) is 0 Å². The minimum atomic E-state index is -4.38. The molecule has 94 valence electrons. The SMILES string of the molecule is CC.CC(C)(C)Cc1ccc(C(F)(F)F)o1. The zero-order valence-electron chi connectivity index (χ0n) is 10.4. The second-order valence-electron chi connectivity index (χ2n) is 4.50. The fourth-order valence-electron chi connectivity index (χ4n) is 1.15. The molecule has 0 N–H and O–H groups in total. The van der Waals surface area contributed by atoms with E-state index in [1.165, 1.54) is 6.07 Å². The first-order chi connectivity index (χ1) is 7.18. The summed E-state index contributed by atoms with van der Waals surface area (Å²) in [4.78, 5) is 0. The molecule has 0 saturated heterocycles. The molecule has 1 aromatic heterocycles. The van der Waals surface area contributed by atoms with E-state index in [0.717, 1.165) is 6.07 Å². The average Bonchev–Trinajstić information content (AvgIpc) is 2.52. The van der Waals surface area contributed by atoms with E-state index in [0.29, 0.717) is 12.2 Å². The van der Waals surface area contributed by atoms with Gasteiger partial charge in [0.1, 0.15) is 5.76 Å². The average molecular weight is 236 g/mol. The van der Waals surface area contributed by atoms with Gasteiger partial charge in [0.2, 0.25) is 5.76 Å². The molecule has 0 aliphatic rings. The predicted molar refractivity (Wildman–Crippen MR) is 58.2 cm³/mol. The van der Waals surface area contributed by atoms with Crippen molar-refractivity contribution in [3.05, 3.63) is 23.7 Å². The monoisotopic (exact) mass is 236 g/mol. The highest BCUT2D eigenvalue weighted by molar-refractivity contribution is 5.10. The lowest BCUT2D eigenvalue weighted by Gasteiger charge is -2.15. The molecule has 16 heavy (non-hydrogen) atoms. The van der Waals surface area contributed by atoms with Crippen molar-refractivity contribution >= 4 is 0 Å². The van der Waals surface area contributed by atoms with Gasteiger partial charge in [-0.15, -0.1) is 0 Å². The van der Waals surface area contributed by atoms with E-state index in [1.807, 2.05) is 34.6 Å². The summed E-state index contributed by atoms with van der Waals surface area (Å²) in [5, 5.41) is 0. The Hall–Kier alpha value is -0.930. The smallest absolute Gasteiger partial charge is 0.449 e. The molecule has 0 spiro atoms. The van der Waals surface area contributed by atoms with Crippen LogP contribution in [0.2, 0.25) is 0 Å². The van der Waals surface area contributed by atoms with Crippen LogP contribution in [0, 0.1) is 5.41 Å². The highest BCUT2D eigenvalue weighted by Gasteiger charge is 2.34. The molecule has 0 aliphatic heterocycles. The van der Waals surface area contributed by atoms with Crippen molar-refractivity contribution in [2.45, 2.75) is 47.2 Å². The second kappa shape index (κ2) is 5.41. The van der Waals surface area contributed by atoms with Gasteiger partial charge in [0.15, 0.2) is 0 Å². The van der Waals surface area contributed by atoms with Crippen LogP contribution in [-0.2, 0) is 12.6 Å². The fourth-order valence-corrected chi connectivity index (χ4v) is 1.15. The Morgan fingerprint density at radius 2 is 1.56 bits per heavy atom. The lowest BCUT2D eigenvalue weighted by atomic mass is 9.91. The highest BCUT2D eigenvalue weighted by atomic mass is 19.4. The van der Waals surface area contributed by atoms with Crippen LogP contribution >= 0.6 is 0 Å². The van der Waals surface area contributed by atoms with Gasteiger partial charge < -0.3 is 4.42 Å². The van der Waals surface area contributed by atoms with E-state index < -0.39 is 11.9 Å². The molecule has 0 fully saturated rings. The Labute approximate surface area is 94.6 Å². The third-order valence-electron chi connectivity index (χ3n) is 1.65. The van der Waals surface area contributed by atoms with E-state index in [4.69, 9.17) is 4.42 Å². The van der Waals surface area contributed by atoms with Crippen LogP contribution in [0.15, 0.2) is 16.5 Å². The van der Waals surface area contributed by atoms with Gasteiger partial charge in [0, 0.05) is 6.42 Å². The minimum Gasteiger partial charge on any atom is -0.456 e. The van der Waals surface area contributed by atoms with Crippen molar-refractivity contribution < 1.29 is 17.6 Å². The summed E-state index contributed by atoms with van der Waals surface area (Å²) >= 11 is 0. The summed E-state index contributed by atoms with van der Waals surface area (Å²) in [6.45, 7) is 9.84. The maximum atomic E-state index is 12.1. The number of rotatable bonds is 1. The normalized spacial score (nSPS) is 12.0. The molecular formula is C12H19F3O. The number of hydrogen-bond donors (Lipinski definition) is 0. The largest absolute Gasteiger partial charge is 0.456 e. The van der Waals surface area contributed by atoms with Crippen LogP contribution in [0.25, 0.3) is 0 Å². The zero-order valence-corrected chi connectivity index (χ0v) is 10.4. The Bertz CT molecular complexity index is 305. The molecule has 0 bridgehead atoms. The lowest BCUT2D eigenvalue weighted by molar-refractivity contribution is -0.153. The third-order valence-corrected chi connectivity index (χ3v) is 1.65. The maximum Gasteiger partial charge on any atom is 0.449 e. The van der Waals surface area contributed by atoms with Crippen molar-refractivity contribution in [3.8, 4) is 0 Å². The molecule has 0 aromatic carbocycles. The van der Waals surface area contributed by atoms with E-state index in [9.17, 15) is 13.2 Å². The van der Waals surface area contributed by atoms with Crippen molar-refractivity contribution in [1.29, 1.82) is 0 Å². The Morgan fingerprint density at radius 1 is 1.06 bits per heavy atom. The van der Waals surface area contributed by atoms with Gasteiger partial charge in [0.25, 0.3) is 0 Å². The van der Waals surface area contributed by atoms with Crippen molar-refractivity contribution in [3.63, 3.8) is 0 Å². The minimum absolute atomic E-state index is 0.0687. The summed E-state index contributed by atoms with van der Waals surface area (Å²) in [7, 11) is 0. The van der Waals surface area contributed by atoms with Crippen molar-refractivity contribution in [2.75, 3.05) is 0 Å². The molecule has 1 aromatic rings.